The van der Waals surface area contributed by atoms with Crippen LogP contribution in [0.2, 0.25) is 0 Å². The van der Waals surface area contributed by atoms with Crippen molar-refractivity contribution in [1.29, 1.82) is 0 Å². The Bertz CT molecular complexity index is 502. The highest BCUT2D eigenvalue weighted by molar-refractivity contribution is 5.83. The monoisotopic (exact) mass is 204 g/mol. The topological polar surface area (TPSA) is 65.1 Å². The number of benzene rings is 1. The summed E-state index contributed by atoms with van der Waals surface area (Å²) >= 11 is 0. The Morgan fingerprint density at radius 2 is 2.33 bits per heavy atom. The number of hydrogen-bond donors (Lipinski definition) is 3. The van der Waals surface area contributed by atoms with Crippen molar-refractivity contribution in [2.75, 3.05) is 0 Å². The van der Waals surface area contributed by atoms with Gasteiger partial charge in [0.2, 0.25) is 0 Å². The average Bonchev–Trinajstić information content (AvgIpc) is 2.57. The average molecular weight is 204 g/mol. The Kier molecular flexibility index (Phi) is 2.33. The standard InChI is InChI=1S/C11H12N2O2/c1-7-5-12-10-3-2-8(4-9(7)10)6-13-11(14)15/h2-5,12-13H,6H2,1H3,(H,14,15). The Labute approximate surface area is 86.9 Å². The van der Waals surface area contributed by atoms with Crippen LogP contribution in [-0.4, -0.2) is 16.2 Å². The zero-order chi connectivity index (χ0) is 10.8. The number of aromatic nitrogens is 1. The summed E-state index contributed by atoms with van der Waals surface area (Å²) in [5.74, 6) is 0. The zero-order valence-corrected chi connectivity index (χ0v) is 8.37. The van der Waals surface area contributed by atoms with E-state index in [-0.39, 0.29) is 0 Å². The molecule has 0 aliphatic rings. The molecule has 1 heterocycles. The minimum atomic E-state index is -0.999. The minimum absolute atomic E-state index is 0.343. The van der Waals surface area contributed by atoms with Crippen molar-refractivity contribution in [3.05, 3.63) is 35.5 Å². The van der Waals surface area contributed by atoms with Gasteiger partial charge in [-0.15, -0.1) is 0 Å². The molecule has 0 aliphatic carbocycles. The van der Waals surface area contributed by atoms with Gasteiger partial charge in [0.15, 0.2) is 0 Å². The summed E-state index contributed by atoms with van der Waals surface area (Å²) in [6, 6.07) is 5.87. The first-order chi connectivity index (χ1) is 7.16. The van der Waals surface area contributed by atoms with Gasteiger partial charge in [-0.1, -0.05) is 6.07 Å². The Morgan fingerprint density at radius 3 is 3.07 bits per heavy atom. The highest BCUT2D eigenvalue weighted by Gasteiger charge is 2.01. The van der Waals surface area contributed by atoms with Crippen molar-refractivity contribution >= 4 is 17.0 Å². The molecule has 0 saturated heterocycles. The predicted octanol–water partition coefficient (Wildman–Crippen LogP) is 2.24. The van der Waals surface area contributed by atoms with Gasteiger partial charge < -0.3 is 15.4 Å². The lowest BCUT2D eigenvalue weighted by atomic mass is 10.1. The van der Waals surface area contributed by atoms with E-state index in [1.54, 1.807) is 0 Å². The highest BCUT2D eigenvalue weighted by Crippen LogP contribution is 2.18. The summed E-state index contributed by atoms with van der Waals surface area (Å²) in [7, 11) is 0. The smallest absolute Gasteiger partial charge is 0.404 e. The van der Waals surface area contributed by atoms with Crippen LogP contribution in [0, 0.1) is 6.92 Å². The summed E-state index contributed by atoms with van der Waals surface area (Å²) < 4.78 is 0. The van der Waals surface area contributed by atoms with Crippen LogP contribution in [0.4, 0.5) is 4.79 Å². The highest BCUT2D eigenvalue weighted by atomic mass is 16.4. The van der Waals surface area contributed by atoms with Crippen molar-refractivity contribution in [2.24, 2.45) is 0 Å². The Morgan fingerprint density at radius 1 is 1.53 bits per heavy atom. The summed E-state index contributed by atoms with van der Waals surface area (Å²) in [5.41, 5.74) is 3.21. The van der Waals surface area contributed by atoms with E-state index in [9.17, 15) is 4.79 Å². The molecule has 4 nitrogen and oxygen atoms in total. The van der Waals surface area contributed by atoms with E-state index in [4.69, 9.17) is 5.11 Å². The van der Waals surface area contributed by atoms with Crippen LogP contribution >= 0.6 is 0 Å². The number of carbonyl (C=O) groups is 1. The number of nitrogens with one attached hydrogen (secondary N) is 2. The normalized spacial score (nSPS) is 10.5. The first-order valence-electron chi connectivity index (χ1n) is 4.70. The van der Waals surface area contributed by atoms with E-state index in [0.717, 1.165) is 16.5 Å². The maximum atomic E-state index is 10.3. The second-order valence-corrected chi connectivity index (χ2v) is 3.51. The Hall–Kier alpha value is -1.97. The van der Waals surface area contributed by atoms with E-state index in [1.807, 2.05) is 31.3 Å². The van der Waals surface area contributed by atoms with Gasteiger partial charge in [-0.3, -0.25) is 0 Å². The van der Waals surface area contributed by atoms with Gasteiger partial charge in [0.05, 0.1) is 0 Å². The van der Waals surface area contributed by atoms with Gasteiger partial charge in [0.25, 0.3) is 0 Å². The molecule has 4 heteroatoms. The number of carboxylic acid groups (broad SMARTS) is 1. The molecule has 3 N–H and O–H groups in total. The molecule has 0 radical (unpaired) electrons. The van der Waals surface area contributed by atoms with Crippen LogP contribution in [0.3, 0.4) is 0 Å². The molecule has 2 aromatic rings. The third-order valence-corrected chi connectivity index (χ3v) is 2.40. The fraction of sp³-hybridized carbons (Fsp3) is 0.182. The molecule has 0 bridgehead atoms. The largest absolute Gasteiger partial charge is 0.465 e. The zero-order valence-electron chi connectivity index (χ0n) is 8.37. The molecule has 0 saturated carbocycles. The van der Waals surface area contributed by atoms with Crippen molar-refractivity contribution in [3.8, 4) is 0 Å². The van der Waals surface area contributed by atoms with E-state index in [1.165, 1.54) is 5.56 Å². The lowest BCUT2D eigenvalue weighted by molar-refractivity contribution is 0.194. The van der Waals surface area contributed by atoms with Crippen molar-refractivity contribution < 1.29 is 9.90 Å². The quantitative estimate of drug-likeness (QED) is 0.702. The third kappa shape index (κ3) is 1.93. The molecule has 0 fully saturated rings. The molecule has 1 amide bonds. The summed E-state index contributed by atoms with van der Waals surface area (Å²) in [6.45, 7) is 2.36. The van der Waals surface area contributed by atoms with Crippen molar-refractivity contribution in [1.82, 2.24) is 10.3 Å². The molecule has 1 aromatic carbocycles. The second-order valence-electron chi connectivity index (χ2n) is 3.51. The minimum Gasteiger partial charge on any atom is -0.465 e. The number of fused-ring (bicyclic) bond motifs is 1. The van der Waals surface area contributed by atoms with Crippen molar-refractivity contribution in [2.45, 2.75) is 13.5 Å². The van der Waals surface area contributed by atoms with Gasteiger partial charge >= 0.3 is 6.09 Å². The summed E-state index contributed by atoms with van der Waals surface area (Å²) in [6.07, 6.45) is 0.944. The number of aromatic amines is 1. The van der Waals surface area contributed by atoms with Gasteiger partial charge in [-0.05, 0) is 30.2 Å². The van der Waals surface area contributed by atoms with Gasteiger partial charge in [-0.25, -0.2) is 4.79 Å². The van der Waals surface area contributed by atoms with Crippen LogP contribution in [0.15, 0.2) is 24.4 Å². The fourth-order valence-corrected chi connectivity index (χ4v) is 1.59. The molecule has 0 spiro atoms. The lowest BCUT2D eigenvalue weighted by Gasteiger charge is -2.01. The first kappa shape index (κ1) is 9.58. The van der Waals surface area contributed by atoms with E-state index < -0.39 is 6.09 Å². The number of rotatable bonds is 2. The SMILES string of the molecule is Cc1c[nH]c2ccc(CNC(=O)O)cc12. The second kappa shape index (κ2) is 3.65. The molecule has 0 aliphatic heterocycles. The van der Waals surface area contributed by atoms with Crippen molar-refractivity contribution in [3.63, 3.8) is 0 Å². The number of H-pyrrole nitrogens is 1. The van der Waals surface area contributed by atoms with Gasteiger partial charge in [0.1, 0.15) is 0 Å². The molecule has 0 unspecified atom stereocenters. The molecule has 15 heavy (non-hydrogen) atoms. The van der Waals surface area contributed by atoms with Gasteiger partial charge in [0, 0.05) is 23.6 Å². The maximum absolute atomic E-state index is 10.3. The summed E-state index contributed by atoms with van der Waals surface area (Å²) in [5, 5.41) is 12.0. The molecule has 0 atom stereocenters. The van der Waals surface area contributed by atoms with E-state index in [0.29, 0.717) is 6.54 Å². The van der Waals surface area contributed by atoms with Crippen LogP contribution in [0.25, 0.3) is 10.9 Å². The molecule has 2 rings (SSSR count). The summed E-state index contributed by atoms with van der Waals surface area (Å²) in [4.78, 5) is 13.5. The van der Waals surface area contributed by atoms with Crippen LogP contribution < -0.4 is 5.32 Å². The Balaban J connectivity index is 2.29. The predicted molar refractivity (Wildman–Crippen MR) is 57.9 cm³/mol. The van der Waals surface area contributed by atoms with Crippen LogP contribution in [0.1, 0.15) is 11.1 Å². The number of aryl methyl sites for hydroxylation is 1. The molecular formula is C11H12N2O2. The fourth-order valence-electron chi connectivity index (χ4n) is 1.59. The van der Waals surface area contributed by atoms with Crippen LogP contribution in [-0.2, 0) is 6.54 Å². The molecular weight excluding hydrogens is 192 g/mol. The van der Waals surface area contributed by atoms with Gasteiger partial charge in [-0.2, -0.15) is 0 Å². The van der Waals surface area contributed by atoms with E-state index in [2.05, 4.69) is 10.3 Å². The van der Waals surface area contributed by atoms with E-state index >= 15 is 0 Å². The molecule has 1 aromatic heterocycles. The van der Waals surface area contributed by atoms with Crippen LogP contribution in [0.5, 0.6) is 0 Å². The molecule has 78 valence electrons. The number of hydrogen-bond acceptors (Lipinski definition) is 1. The number of amides is 1. The maximum Gasteiger partial charge on any atom is 0.404 e. The third-order valence-electron chi connectivity index (χ3n) is 2.40. The lowest BCUT2D eigenvalue weighted by Crippen LogP contribution is -2.19. The first-order valence-corrected chi connectivity index (χ1v) is 4.70.